The minimum absolute atomic E-state index is 0.255. The molecular formula is C14H11ClN4O2. The van der Waals surface area contributed by atoms with Gasteiger partial charge in [0.15, 0.2) is 0 Å². The lowest BCUT2D eigenvalue weighted by molar-refractivity contribution is 0.517. The highest BCUT2D eigenvalue weighted by molar-refractivity contribution is 6.30. The molecular weight excluding hydrogens is 292 g/mol. The van der Waals surface area contributed by atoms with Crippen LogP contribution < -0.4 is 10.9 Å². The van der Waals surface area contributed by atoms with E-state index in [0.717, 1.165) is 0 Å². The lowest BCUT2D eigenvalue weighted by Crippen LogP contribution is -2.18. The molecule has 0 radical (unpaired) electrons. The molecule has 2 heterocycles. The van der Waals surface area contributed by atoms with Crippen molar-refractivity contribution in [1.82, 2.24) is 15.2 Å². The fourth-order valence-electron chi connectivity index (χ4n) is 1.81. The van der Waals surface area contributed by atoms with Gasteiger partial charge in [-0.1, -0.05) is 17.7 Å². The number of nitrogens with one attached hydrogen (secondary N) is 2. The fourth-order valence-corrected chi connectivity index (χ4v) is 2.00. The van der Waals surface area contributed by atoms with Crippen LogP contribution in [0.1, 0.15) is 11.5 Å². The standard InChI is InChI=1S/C14H11ClN4O2/c15-9-3-1-4-10(7-9)16-14-17-13(20)12(18-19-14)8-11-5-2-6-21-11/h1-7H,8H2,(H2,16,17,19,20). The van der Waals surface area contributed by atoms with Gasteiger partial charge in [-0.25, -0.2) is 0 Å². The summed E-state index contributed by atoms with van der Waals surface area (Å²) in [5.74, 6) is 0.913. The topological polar surface area (TPSA) is 83.8 Å². The van der Waals surface area contributed by atoms with Gasteiger partial charge in [0.1, 0.15) is 11.5 Å². The van der Waals surface area contributed by atoms with E-state index in [9.17, 15) is 4.79 Å². The van der Waals surface area contributed by atoms with Crippen molar-refractivity contribution >= 4 is 23.2 Å². The van der Waals surface area contributed by atoms with Gasteiger partial charge in [-0.3, -0.25) is 9.78 Å². The molecule has 6 nitrogen and oxygen atoms in total. The minimum atomic E-state index is -0.314. The Morgan fingerprint density at radius 1 is 1.24 bits per heavy atom. The number of hydrogen-bond donors (Lipinski definition) is 2. The molecule has 0 aliphatic rings. The number of aromatic nitrogens is 3. The summed E-state index contributed by atoms with van der Waals surface area (Å²) in [6.07, 6.45) is 1.85. The molecule has 0 amide bonds. The predicted molar refractivity (Wildman–Crippen MR) is 78.9 cm³/mol. The van der Waals surface area contributed by atoms with Crippen molar-refractivity contribution in [2.24, 2.45) is 0 Å². The number of aromatic amines is 1. The third-order valence-electron chi connectivity index (χ3n) is 2.77. The molecule has 2 N–H and O–H groups in total. The van der Waals surface area contributed by atoms with Crippen LogP contribution >= 0.6 is 11.6 Å². The average Bonchev–Trinajstić information content (AvgIpc) is 2.95. The smallest absolute Gasteiger partial charge is 0.274 e. The van der Waals surface area contributed by atoms with Crippen LogP contribution in [-0.4, -0.2) is 15.2 Å². The summed E-state index contributed by atoms with van der Waals surface area (Å²) in [7, 11) is 0. The number of anilines is 2. The summed E-state index contributed by atoms with van der Waals surface area (Å²) >= 11 is 5.89. The van der Waals surface area contributed by atoms with Gasteiger partial charge in [0.2, 0.25) is 5.95 Å². The highest BCUT2D eigenvalue weighted by atomic mass is 35.5. The fraction of sp³-hybridized carbons (Fsp3) is 0.0714. The minimum Gasteiger partial charge on any atom is -0.469 e. The Morgan fingerprint density at radius 3 is 2.86 bits per heavy atom. The van der Waals surface area contributed by atoms with E-state index in [4.69, 9.17) is 16.0 Å². The van der Waals surface area contributed by atoms with Crippen molar-refractivity contribution < 1.29 is 4.42 Å². The van der Waals surface area contributed by atoms with Crippen LogP contribution in [0.3, 0.4) is 0 Å². The van der Waals surface area contributed by atoms with E-state index in [0.29, 0.717) is 28.6 Å². The summed E-state index contributed by atoms with van der Waals surface area (Å²) in [5.41, 5.74) is 0.693. The second-order valence-corrected chi connectivity index (χ2v) is 4.78. The summed E-state index contributed by atoms with van der Waals surface area (Å²) in [5, 5.41) is 11.4. The van der Waals surface area contributed by atoms with Crippen LogP contribution in [0.25, 0.3) is 0 Å². The molecule has 1 aromatic carbocycles. The number of furan rings is 1. The molecule has 0 bridgehead atoms. The number of H-pyrrole nitrogens is 1. The first-order valence-electron chi connectivity index (χ1n) is 6.21. The number of halogens is 1. The Labute approximate surface area is 124 Å². The molecule has 0 unspecified atom stereocenters. The van der Waals surface area contributed by atoms with Gasteiger partial charge in [0.05, 0.1) is 12.7 Å². The molecule has 0 saturated heterocycles. The zero-order chi connectivity index (χ0) is 14.7. The van der Waals surface area contributed by atoms with Crippen LogP contribution in [0.15, 0.2) is 51.9 Å². The third-order valence-corrected chi connectivity index (χ3v) is 3.01. The Kier molecular flexibility index (Phi) is 3.70. The predicted octanol–water partition coefficient (Wildman–Crippen LogP) is 2.75. The molecule has 0 atom stereocenters. The zero-order valence-corrected chi connectivity index (χ0v) is 11.6. The van der Waals surface area contributed by atoms with Crippen molar-refractivity contribution in [2.45, 2.75) is 6.42 Å². The molecule has 106 valence electrons. The van der Waals surface area contributed by atoms with Crippen molar-refractivity contribution in [3.63, 3.8) is 0 Å². The molecule has 7 heteroatoms. The van der Waals surface area contributed by atoms with E-state index in [1.54, 1.807) is 36.6 Å². The molecule has 0 spiro atoms. The molecule has 0 saturated carbocycles. The van der Waals surface area contributed by atoms with Crippen LogP contribution in [0.4, 0.5) is 11.6 Å². The van der Waals surface area contributed by atoms with Gasteiger partial charge < -0.3 is 9.73 Å². The monoisotopic (exact) mass is 302 g/mol. The van der Waals surface area contributed by atoms with Crippen molar-refractivity contribution in [2.75, 3.05) is 5.32 Å². The van der Waals surface area contributed by atoms with E-state index in [1.165, 1.54) is 0 Å². The molecule has 3 rings (SSSR count). The van der Waals surface area contributed by atoms with Crippen LogP contribution in [0.2, 0.25) is 5.02 Å². The van der Waals surface area contributed by atoms with E-state index in [2.05, 4.69) is 20.5 Å². The maximum absolute atomic E-state index is 12.0. The quantitative estimate of drug-likeness (QED) is 0.774. The van der Waals surface area contributed by atoms with Gasteiger partial charge in [0.25, 0.3) is 5.56 Å². The second-order valence-electron chi connectivity index (χ2n) is 4.34. The van der Waals surface area contributed by atoms with Crippen LogP contribution in [0, 0.1) is 0 Å². The Hall–Kier alpha value is -2.60. The Balaban J connectivity index is 1.79. The zero-order valence-electron chi connectivity index (χ0n) is 10.8. The third kappa shape index (κ3) is 3.29. The first-order valence-corrected chi connectivity index (χ1v) is 6.59. The van der Waals surface area contributed by atoms with E-state index in [1.807, 2.05) is 6.07 Å². The molecule has 2 aromatic heterocycles. The van der Waals surface area contributed by atoms with Crippen molar-refractivity contribution in [1.29, 1.82) is 0 Å². The van der Waals surface area contributed by atoms with Gasteiger partial charge in [-0.2, -0.15) is 0 Å². The van der Waals surface area contributed by atoms with Crippen LogP contribution in [-0.2, 0) is 6.42 Å². The second kappa shape index (κ2) is 5.80. The van der Waals surface area contributed by atoms with Crippen molar-refractivity contribution in [3.8, 4) is 0 Å². The SMILES string of the molecule is O=c1[nH]c(Nc2cccc(Cl)c2)nnc1Cc1ccco1. The Morgan fingerprint density at radius 2 is 2.14 bits per heavy atom. The largest absolute Gasteiger partial charge is 0.469 e. The summed E-state index contributed by atoms with van der Waals surface area (Å²) in [6.45, 7) is 0. The number of hydrogen-bond acceptors (Lipinski definition) is 5. The molecule has 0 aliphatic carbocycles. The van der Waals surface area contributed by atoms with E-state index >= 15 is 0 Å². The Bertz CT molecular complexity index is 799. The average molecular weight is 303 g/mol. The summed E-state index contributed by atoms with van der Waals surface area (Å²) in [6, 6.07) is 10.6. The first-order chi connectivity index (χ1) is 10.2. The lowest BCUT2D eigenvalue weighted by Gasteiger charge is -2.05. The maximum Gasteiger partial charge on any atom is 0.274 e. The maximum atomic E-state index is 12.0. The lowest BCUT2D eigenvalue weighted by atomic mass is 10.2. The highest BCUT2D eigenvalue weighted by Gasteiger charge is 2.08. The molecule has 0 fully saturated rings. The van der Waals surface area contributed by atoms with Gasteiger partial charge in [-0.15, -0.1) is 10.2 Å². The first kappa shape index (κ1) is 13.4. The highest BCUT2D eigenvalue weighted by Crippen LogP contribution is 2.17. The molecule has 3 aromatic rings. The number of rotatable bonds is 4. The molecule has 21 heavy (non-hydrogen) atoms. The van der Waals surface area contributed by atoms with Crippen LogP contribution in [0.5, 0.6) is 0 Å². The van der Waals surface area contributed by atoms with E-state index < -0.39 is 0 Å². The summed E-state index contributed by atoms with van der Waals surface area (Å²) in [4.78, 5) is 14.6. The summed E-state index contributed by atoms with van der Waals surface area (Å²) < 4.78 is 5.18. The van der Waals surface area contributed by atoms with Gasteiger partial charge in [-0.05, 0) is 30.3 Å². The number of benzene rings is 1. The number of nitrogens with zero attached hydrogens (tertiary/aromatic N) is 2. The van der Waals surface area contributed by atoms with E-state index in [-0.39, 0.29) is 11.5 Å². The van der Waals surface area contributed by atoms with Gasteiger partial charge in [0, 0.05) is 10.7 Å². The van der Waals surface area contributed by atoms with Crippen molar-refractivity contribution in [3.05, 3.63) is 69.5 Å². The van der Waals surface area contributed by atoms with Gasteiger partial charge >= 0.3 is 0 Å². The molecule has 0 aliphatic heterocycles. The normalized spacial score (nSPS) is 10.5.